The molecule has 110 valence electrons. The van der Waals surface area contributed by atoms with E-state index < -0.39 is 9.84 Å². The highest BCUT2D eigenvalue weighted by molar-refractivity contribution is 7.91. The molecule has 0 radical (unpaired) electrons. The molecule has 5 nitrogen and oxygen atoms in total. The molecule has 1 saturated heterocycles. The van der Waals surface area contributed by atoms with Crippen LogP contribution in [0.4, 0.5) is 0 Å². The third kappa shape index (κ3) is 4.31. The third-order valence-corrected chi connectivity index (χ3v) is 5.21. The number of rotatable bonds is 4. The molecule has 1 amide bonds. The Morgan fingerprint density at radius 2 is 2.15 bits per heavy atom. The van der Waals surface area contributed by atoms with Gasteiger partial charge in [-0.05, 0) is 18.1 Å². The minimum atomic E-state index is -2.99. The second-order valence-electron chi connectivity index (χ2n) is 5.17. The first-order valence-electron chi connectivity index (χ1n) is 6.71. The zero-order valence-electron chi connectivity index (χ0n) is 11.6. The van der Waals surface area contributed by atoms with Crippen LogP contribution in [0.1, 0.15) is 17.5 Å². The molecule has 0 aromatic heterocycles. The minimum absolute atomic E-state index is 0.0464. The Kier molecular flexibility index (Phi) is 4.77. The normalized spacial score (nSPS) is 21.4. The molecule has 1 heterocycles. The molecule has 1 fully saturated rings. The van der Waals surface area contributed by atoms with Crippen molar-refractivity contribution >= 4 is 15.7 Å². The van der Waals surface area contributed by atoms with Gasteiger partial charge in [0.1, 0.15) is 0 Å². The van der Waals surface area contributed by atoms with Crippen molar-refractivity contribution < 1.29 is 13.2 Å². The molecule has 1 aromatic rings. The Labute approximate surface area is 119 Å². The highest BCUT2D eigenvalue weighted by atomic mass is 32.2. The second kappa shape index (κ2) is 6.37. The summed E-state index contributed by atoms with van der Waals surface area (Å²) in [7, 11) is -2.99. The fourth-order valence-electron chi connectivity index (χ4n) is 2.30. The summed E-state index contributed by atoms with van der Waals surface area (Å²) in [4.78, 5) is 11.9. The fraction of sp³-hybridized carbons (Fsp3) is 0.500. The van der Waals surface area contributed by atoms with Gasteiger partial charge in [-0.25, -0.2) is 8.42 Å². The number of sulfone groups is 1. The van der Waals surface area contributed by atoms with Gasteiger partial charge in [0, 0.05) is 25.6 Å². The number of carbonyl (C=O) groups excluding carboxylic acids is 1. The quantitative estimate of drug-likeness (QED) is 0.843. The first-order valence-corrected chi connectivity index (χ1v) is 8.53. The molecule has 1 aromatic carbocycles. The number of hydrogen-bond acceptors (Lipinski definition) is 4. The van der Waals surface area contributed by atoms with Crippen molar-refractivity contribution in [3.05, 3.63) is 35.4 Å². The molecule has 1 aliphatic heterocycles. The Balaban J connectivity index is 1.83. The Morgan fingerprint density at radius 1 is 1.40 bits per heavy atom. The zero-order chi connectivity index (χ0) is 14.6. The lowest BCUT2D eigenvalue weighted by molar-refractivity contribution is -0.121. The molecule has 0 saturated carbocycles. The van der Waals surface area contributed by atoms with Crippen LogP contribution in [-0.2, 0) is 21.2 Å². The largest absolute Gasteiger partial charge is 0.352 e. The summed E-state index contributed by atoms with van der Waals surface area (Å²) in [5.74, 6) is 0.0851. The Bertz CT molecular complexity index is 584. The van der Waals surface area contributed by atoms with Gasteiger partial charge in [-0.1, -0.05) is 24.3 Å². The van der Waals surface area contributed by atoms with Gasteiger partial charge in [0.25, 0.3) is 0 Å². The maximum absolute atomic E-state index is 11.9. The second-order valence-corrected chi connectivity index (χ2v) is 7.40. The summed E-state index contributed by atoms with van der Waals surface area (Å²) in [6, 6.07) is 7.59. The lowest BCUT2D eigenvalue weighted by Gasteiger charge is -2.23. The van der Waals surface area contributed by atoms with Gasteiger partial charge in [0.15, 0.2) is 9.84 Å². The van der Waals surface area contributed by atoms with Crippen molar-refractivity contribution in [1.29, 1.82) is 0 Å². The Hall–Kier alpha value is -1.40. The minimum Gasteiger partial charge on any atom is -0.352 e. The molecule has 2 rings (SSSR count). The van der Waals surface area contributed by atoms with E-state index in [0.717, 1.165) is 11.1 Å². The molecule has 0 aliphatic carbocycles. The van der Waals surface area contributed by atoms with E-state index in [9.17, 15) is 13.2 Å². The maximum atomic E-state index is 11.9. The van der Waals surface area contributed by atoms with Gasteiger partial charge >= 0.3 is 0 Å². The monoisotopic (exact) mass is 296 g/mol. The fourth-order valence-corrected chi connectivity index (χ4v) is 3.74. The number of hydrogen-bond donors (Lipinski definition) is 2. The first-order chi connectivity index (χ1) is 9.46. The predicted octanol–water partition coefficient (Wildman–Crippen LogP) is 0.388. The lowest BCUT2D eigenvalue weighted by Crippen LogP contribution is -2.47. The predicted molar refractivity (Wildman–Crippen MR) is 78.1 cm³/mol. The molecule has 20 heavy (non-hydrogen) atoms. The SMILES string of the molecule is Cc1ccccc1CNC(=O)CC1CS(=O)(=O)CCN1. The van der Waals surface area contributed by atoms with E-state index in [0.29, 0.717) is 13.1 Å². The van der Waals surface area contributed by atoms with E-state index in [4.69, 9.17) is 0 Å². The van der Waals surface area contributed by atoms with E-state index in [-0.39, 0.29) is 29.9 Å². The van der Waals surface area contributed by atoms with Crippen LogP contribution >= 0.6 is 0 Å². The van der Waals surface area contributed by atoms with Crippen LogP contribution in [-0.4, -0.2) is 38.4 Å². The van der Waals surface area contributed by atoms with Gasteiger partial charge in [0.2, 0.25) is 5.91 Å². The lowest BCUT2D eigenvalue weighted by atomic mass is 10.1. The molecule has 0 spiro atoms. The molecule has 0 bridgehead atoms. The topological polar surface area (TPSA) is 75.3 Å². The molecule has 2 N–H and O–H groups in total. The van der Waals surface area contributed by atoms with E-state index >= 15 is 0 Å². The van der Waals surface area contributed by atoms with Crippen LogP contribution in [0.3, 0.4) is 0 Å². The maximum Gasteiger partial charge on any atom is 0.221 e. The van der Waals surface area contributed by atoms with Gasteiger partial charge in [-0.2, -0.15) is 0 Å². The van der Waals surface area contributed by atoms with Crippen molar-refractivity contribution in [3.8, 4) is 0 Å². The average molecular weight is 296 g/mol. The third-order valence-electron chi connectivity index (χ3n) is 3.47. The summed E-state index contributed by atoms with van der Waals surface area (Å²) in [5.41, 5.74) is 2.20. The standard InChI is InChI=1S/C14H20N2O3S/c1-11-4-2-3-5-12(11)9-16-14(17)8-13-10-20(18,19)7-6-15-13/h2-5,13,15H,6-10H2,1H3,(H,16,17). The number of benzene rings is 1. The van der Waals surface area contributed by atoms with Crippen LogP contribution < -0.4 is 10.6 Å². The molecule has 1 atom stereocenters. The van der Waals surface area contributed by atoms with Gasteiger partial charge in [-0.3, -0.25) is 4.79 Å². The van der Waals surface area contributed by atoms with Crippen molar-refractivity contribution in [1.82, 2.24) is 10.6 Å². The molecule has 1 aliphatic rings. The van der Waals surface area contributed by atoms with Crippen molar-refractivity contribution in [2.45, 2.75) is 25.9 Å². The molecular weight excluding hydrogens is 276 g/mol. The summed E-state index contributed by atoms with van der Waals surface area (Å²) in [5, 5.41) is 5.92. The molecular formula is C14H20N2O3S. The number of nitrogens with one attached hydrogen (secondary N) is 2. The van der Waals surface area contributed by atoms with Crippen LogP contribution in [0.2, 0.25) is 0 Å². The van der Waals surface area contributed by atoms with Crippen molar-refractivity contribution in [3.63, 3.8) is 0 Å². The summed E-state index contributed by atoms with van der Waals surface area (Å²) >= 11 is 0. The summed E-state index contributed by atoms with van der Waals surface area (Å²) < 4.78 is 23.0. The van der Waals surface area contributed by atoms with E-state index in [1.54, 1.807) is 0 Å². The zero-order valence-corrected chi connectivity index (χ0v) is 12.4. The number of amides is 1. The van der Waals surface area contributed by atoms with Crippen molar-refractivity contribution in [2.75, 3.05) is 18.1 Å². The summed E-state index contributed by atoms with van der Waals surface area (Å²) in [6.45, 7) is 2.90. The van der Waals surface area contributed by atoms with Gasteiger partial charge < -0.3 is 10.6 Å². The van der Waals surface area contributed by atoms with Crippen molar-refractivity contribution in [2.24, 2.45) is 0 Å². The smallest absolute Gasteiger partial charge is 0.221 e. The highest BCUT2D eigenvalue weighted by Gasteiger charge is 2.25. The first kappa shape index (κ1) is 15.0. The van der Waals surface area contributed by atoms with Crippen LogP contribution in [0.25, 0.3) is 0 Å². The van der Waals surface area contributed by atoms with E-state index in [2.05, 4.69) is 10.6 Å². The van der Waals surface area contributed by atoms with Gasteiger partial charge in [-0.15, -0.1) is 0 Å². The van der Waals surface area contributed by atoms with Crippen LogP contribution in [0, 0.1) is 6.92 Å². The highest BCUT2D eigenvalue weighted by Crippen LogP contribution is 2.08. The van der Waals surface area contributed by atoms with Crippen LogP contribution in [0.15, 0.2) is 24.3 Å². The van der Waals surface area contributed by atoms with E-state index in [1.165, 1.54) is 0 Å². The van der Waals surface area contributed by atoms with Crippen LogP contribution in [0.5, 0.6) is 0 Å². The molecule has 6 heteroatoms. The number of aryl methyl sites for hydroxylation is 1. The van der Waals surface area contributed by atoms with E-state index in [1.807, 2.05) is 31.2 Å². The average Bonchev–Trinajstić information content (AvgIpc) is 2.36. The number of carbonyl (C=O) groups is 1. The summed E-state index contributed by atoms with van der Waals surface area (Å²) in [6.07, 6.45) is 0.200. The molecule has 1 unspecified atom stereocenters. The Morgan fingerprint density at radius 3 is 2.85 bits per heavy atom. The van der Waals surface area contributed by atoms with Gasteiger partial charge in [0.05, 0.1) is 11.5 Å².